The van der Waals surface area contributed by atoms with Crippen molar-refractivity contribution in [3.05, 3.63) is 36.2 Å². The summed E-state index contributed by atoms with van der Waals surface area (Å²) in [6, 6.07) is 0.219. The predicted octanol–water partition coefficient (Wildman–Crippen LogP) is 2.11. The fourth-order valence-corrected chi connectivity index (χ4v) is 2.45. The Morgan fingerprint density at radius 3 is 2.89 bits per heavy atom. The second kappa shape index (κ2) is 5.99. The van der Waals surface area contributed by atoms with Gasteiger partial charge in [0, 0.05) is 12.6 Å². The van der Waals surface area contributed by atoms with Crippen LogP contribution in [0.25, 0.3) is 0 Å². The molecular weight excluding hydrogens is 243 g/mol. The molecule has 0 radical (unpaired) electrons. The maximum Gasteiger partial charge on any atom is 0.122 e. The summed E-state index contributed by atoms with van der Waals surface area (Å²) in [5.41, 5.74) is 6.12. The van der Waals surface area contributed by atoms with Crippen molar-refractivity contribution in [2.45, 2.75) is 45.2 Å². The summed E-state index contributed by atoms with van der Waals surface area (Å²) < 4.78 is 13.2. The largest absolute Gasteiger partial charge is 0.362 e. The third kappa shape index (κ3) is 3.43. The summed E-state index contributed by atoms with van der Waals surface area (Å²) in [6.07, 6.45) is 6.84. The van der Waals surface area contributed by atoms with Crippen LogP contribution in [-0.2, 0) is 0 Å². The third-order valence-corrected chi connectivity index (χ3v) is 3.69. The maximum absolute atomic E-state index is 13.2. The first-order chi connectivity index (χ1) is 9.08. The second-order valence-electron chi connectivity index (χ2n) is 5.23. The van der Waals surface area contributed by atoms with Gasteiger partial charge in [-0.25, -0.2) is 4.39 Å². The summed E-state index contributed by atoms with van der Waals surface area (Å²) >= 11 is 0. The lowest BCUT2D eigenvalue weighted by Gasteiger charge is -2.37. The van der Waals surface area contributed by atoms with Gasteiger partial charge in [-0.15, -0.1) is 0 Å². The monoisotopic (exact) mass is 266 g/mol. The number of dihydropyridines is 1. The van der Waals surface area contributed by atoms with E-state index in [-0.39, 0.29) is 11.9 Å². The number of likely N-dealkylation sites (tertiary alicyclic amines) is 1. The lowest BCUT2D eigenvalue weighted by Crippen LogP contribution is -2.47. The Hall–Kier alpha value is -1.65. The molecule has 1 unspecified atom stereocenters. The van der Waals surface area contributed by atoms with E-state index in [1.165, 1.54) is 25.3 Å². The average molecular weight is 266 g/mol. The molecule has 0 saturated carbocycles. The Kier molecular flexibility index (Phi) is 4.35. The first kappa shape index (κ1) is 13.8. The number of hydrogen-bond donors (Lipinski definition) is 3. The van der Waals surface area contributed by atoms with Crippen molar-refractivity contribution in [3.63, 3.8) is 0 Å². The van der Waals surface area contributed by atoms with E-state index in [1.54, 1.807) is 13.0 Å². The summed E-state index contributed by atoms with van der Waals surface area (Å²) in [5, 5.41) is 3.02. The average Bonchev–Trinajstić information content (AvgIpc) is 2.40. The second-order valence-corrected chi connectivity index (χ2v) is 5.23. The van der Waals surface area contributed by atoms with E-state index in [9.17, 15) is 4.39 Å². The van der Waals surface area contributed by atoms with E-state index in [2.05, 4.69) is 34.6 Å². The van der Waals surface area contributed by atoms with Crippen LogP contribution in [0.3, 0.4) is 0 Å². The summed E-state index contributed by atoms with van der Waals surface area (Å²) in [4.78, 5) is 2.26. The van der Waals surface area contributed by atoms with Crippen molar-refractivity contribution in [2.24, 2.45) is 0 Å². The molecule has 19 heavy (non-hydrogen) atoms. The Morgan fingerprint density at radius 2 is 2.21 bits per heavy atom. The lowest BCUT2D eigenvalue weighted by molar-refractivity contribution is 0.192. The van der Waals surface area contributed by atoms with Gasteiger partial charge in [0.15, 0.2) is 0 Å². The number of allylic oxidation sites excluding steroid dienone is 2. The van der Waals surface area contributed by atoms with Crippen molar-refractivity contribution in [1.82, 2.24) is 21.1 Å². The van der Waals surface area contributed by atoms with Gasteiger partial charge in [0.25, 0.3) is 0 Å². The molecule has 2 aliphatic rings. The predicted molar refractivity (Wildman–Crippen MR) is 75.3 cm³/mol. The van der Waals surface area contributed by atoms with E-state index in [1.807, 2.05) is 0 Å². The molecule has 5 heteroatoms. The maximum atomic E-state index is 13.2. The van der Waals surface area contributed by atoms with Gasteiger partial charge in [-0.3, -0.25) is 10.9 Å². The number of nitrogens with one attached hydrogen (secondary N) is 3. The highest BCUT2D eigenvalue weighted by molar-refractivity contribution is 5.22. The number of nitrogens with zero attached hydrogens (tertiary/aromatic N) is 1. The Balaban J connectivity index is 1.84. The zero-order valence-corrected chi connectivity index (χ0v) is 11.7. The van der Waals surface area contributed by atoms with Crippen molar-refractivity contribution in [2.75, 3.05) is 6.54 Å². The molecule has 1 saturated heterocycles. The minimum absolute atomic E-state index is 0.158. The molecule has 1 fully saturated rings. The fraction of sp³-hybridized carbons (Fsp3) is 0.571. The van der Waals surface area contributed by atoms with Crippen LogP contribution >= 0.6 is 0 Å². The van der Waals surface area contributed by atoms with Crippen molar-refractivity contribution >= 4 is 0 Å². The van der Waals surface area contributed by atoms with Crippen LogP contribution in [0.4, 0.5) is 4.39 Å². The first-order valence-corrected chi connectivity index (χ1v) is 6.89. The standard InChI is InChI=1S/C14H23FN4/c1-10-6-4-5-9-19(10)12(3)17-18-14-8-7-13(15)11(2)16-14/h7-8,10-11,16-18H,3-6,9H2,1-2H3/t10-,11?/m0/s1. The molecule has 2 heterocycles. The number of hydrazine groups is 1. The quantitative estimate of drug-likeness (QED) is 0.682. The Bertz CT molecular complexity index is 402. The highest BCUT2D eigenvalue weighted by Crippen LogP contribution is 2.18. The number of piperidine rings is 1. The van der Waals surface area contributed by atoms with E-state index in [0.29, 0.717) is 6.04 Å². The molecule has 0 amide bonds. The van der Waals surface area contributed by atoms with Gasteiger partial charge in [-0.05, 0) is 45.3 Å². The van der Waals surface area contributed by atoms with Gasteiger partial charge in [0.1, 0.15) is 17.5 Å². The summed E-state index contributed by atoms with van der Waals surface area (Å²) in [5.74, 6) is 1.45. The van der Waals surface area contributed by atoms with Crippen LogP contribution in [0.15, 0.2) is 36.2 Å². The molecule has 2 atom stereocenters. The molecule has 0 aromatic rings. The zero-order chi connectivity index (χ0) is 13.8. The highest BCUT2D eigenvalue weighted by Gasteiger charge is 2.19. The number of rotatable bonds is 4. The summed E-state index contributed by atoms with van der Waals surface area (Å²) in [6.45, 7) is 9.08. The molecule has 2 rings (SSSR count). The van der Waals surface area contributed by atoms with Crippen LogP contribution in [0.2, 0.25) is 0 Å². The minimum Gasteiger partial charge on any atom is -0.362 e. The Labute approximate surface area is 114 Å². The Morgan fingerprint density at radius 1 is 1.42 bits per heavy atom. The van der Waals surface area contributed by atoms with E-state index < -0.39 is 0 Å². The molecule has 3 N–H and O–H groups in total. The molecule has 2 aliphatic heterocycles. The van der Waals surface area contributed by atoms with Gasteiger partial charge in [-0.2, -0.15) is 0 Å². The van der Waals surface area contributed by atoms with Gasteiger partial charge in [-0.1, -0.05) is 6.58 Å². The summed E-state index contributed by atoms with van der Waals surface area (Å²) in [7, 11) is 0. The zero-order valence-electron chi connectivity index (χ0n) is 11.7. The third-order valence-electron chi connectivity index (χ3n) is 3.69. The lowest BCUT2D eigenvalue weighted by atomic mass is 10.0. The molecule has 4 nitrogen and oxygen atoms in total. The van der Waals surface area contributed by atoms with Crippen LogP contribution in [-0.4, -0.2) is 23.5 Å². The van der Waals surface area contributed by atoms with Gasteiger partial charge in [0.2, 0.25) is 0 Å². The van der Waals surface area contributed by atoms with E-state index >= 15 is 0 Å². The van der Waals surface area contributed by atoms with Crippen LogP contribution in [0, 0.1) is 0 Å². The molecule has 0 spiro atoms. The van der Waals surface area contributed by atoms with Crippen LogP contribution in [0.1, 0.15) is 33.1 Å². The van der Waals surface area contributed by atoms with Crippen molar-refractivity contribution in [3.8, 4) is 0 Å². The number of halogens is 1. The van der Waals surface area contributed by atoms with Gasteiger partial charge < -0.3 is 10.2 Å². The minimum atomic E-state index is -0.295. The van der Waals surface area contributed by atoms with Gasteiger partial charge in [0.05, 0.1) is 6.04 Å². The smallest absolute Gasteiger partial charge is 0.122 e. The molecular formula is C14H23FN4. The van der Waals surface area contributed by atoms with Gasteiger partial charge >= 0.3 is 0 Å². The van der Waals surface area contributed by atoms with Crippen LogP contribution < -0.4 is 16.2 Å². The molecule has 0 aromatic carbocycles. The fourth-order valence-electron chi connectivity index (χ4n) is 2.45. The normalized spacial score (nSPS) is 27.0. The SMILES string of the molecule is C=C(NNC1=CC=C(F)C(C)N1)N1CCCC[C@@H]1C. The van der Waals surface area contributed by atoms with E-state index in [0.717, 1.165) is 18.2 Å². The van der Waals surface area contributed by atoms with Crippen molar-refractivity contribution in [1.29, 1.82) is 0 Å². The molecule has 0 aliphatic carbocycles. The molecule has 0 aromatic heterocycles. The molecule has 106 valence electrons. The van der Waals surface area contributed by atoms with Crippen LogP contribution in [0.5, 0.6) is 0 Å². The van der Waals surface area contributed by atoms with E-state index in [4.69, 9.17) is 0 Å². The van der Waals surface area contributed by atoms with Crippen molar-refractivity contribution < 1.29 is 4.39 Å². The molecule has 0 bridgehead atoms. The number of hydrogen-bond acceptors (Lipinski definition) is 4. The topological polar surface area (TPSA) is 39.3 Å². The highest BCUT2D eigenvalue weighted by atomic mass is 19.1. The first-order valence-electron chi connectivity index (χ1n) is 6.89.